The molecule has 2 aliphatic heterocycles. The Morgan fingerprint density at radius 1 is 1.27 bits per heavy atom. The van der Waals surface area contributed by atoms with E-state index in [1.807, 2.05) is 0 Å². The maximum absolute atomic E-state index is 13.1. The molecule has 2 saturated heterocycles. The molecular weight excluding hydrogens is 297 g/mol. The third-order valence-electron chi connectivity index (χ3n) is 4.26. The van der Waals surface area contributed by atoms with Gasteiger partial charge in [0, 0.05) is 12.1 Å². The van der Waals surface area contributed by atoms with Crippen LogP contribution in [0.2, 0.25) is 0 Å². The van der Waals surface area contributed by atoms with Crippen LogP contribution in [0.5, 0.6) is 0 Å². The minimum atomic E-state index is -4.62. The van der Waals surface area contributed by atoms with Crippen LogP contribution < -0.4 is 5.32 Å². The highest BCUT2D eigenvalue weighted by atomic mass is 19.4. The lowest BCUT2D eigenvalue weighted by Crippen LogP contribution is -2.58. The third-order valence-corrected chi connectivity index (χ3v) is 4.26. The molecule has 0 radical (unpaired) electrons. The second-order valence-electron chi connectivity index (χ2n) is 5.91. The molecule has 2 N–H and O–H groups in total. The Balaban J connectivity index is 1.99. The number of fused-ring (bicyclic) bond motifs is 2. The molecular formula is C15H15F3N2O2. The van der Waals surface area contributed by atoms with E-state index in [1.165, 1.54) is 6.07 Å². The summed E-state index contributed by atoms with van der Waals surface area (Å²) in [4.78, 5) is 0. The van der Waals surface area contributed by atoms with Gasteiger partial charge in [0.2, 0.25) is 0 Å². The predicted octanol–water partition coefficient (Wildman–Crippen LogP) is 1.92. The third kappa shape index (κ3) is 2.70. The first-order valence-corrected chi connectivity index (χ1v) is 7.00. The van der Waals surface area contributed by atoms with Crippen molar-refractivity contribution in [1.82, 2.24) is 5.32 Å². The summed E-state index contributed by atoms with van der Waals surface area (Å²) < 4.78 is 44.6. The number of morpholine rings is 1. The summed E-state index contributed by atoms with van der Waals surface area (Å²) >= 11 is 0. The SMILES string of the molecule is N#Cc1ccc(C2(O)CC3COCC(C2)N3)cc1C(F)(F)F. The van der Waals surface area contributed by atoms with E-state index in [2.05, 4.69) is 5.32 Å². The summed E-state index contributed by atoms with van der Waals surface area (Å²) in [5, 5.41) is 23.0. The first-order valence-electron chi connectivity index (χ1n) is 7.00. The molecule has 0 aliphatic carbocycles. The van der Waals surface area contributed by atoms with Crippen LogP contribution in [-0.4, -0.2) is 30.4 Å². The van der Waals surface area contributed by atoms with Gasteiger partial charge in [-0.15, -0.1) is 0 Å². The van der Waals surface area contributed by atoms with Crippen molar-refractivity contribution in [3.05, 3.63) is 34.9 Å². The Kier molecular flexibility index (Phi) is 3.63. The van der Waals surface area contributed by atoms with Crippen molar-refractivity contribution in [2.75, 3.05) is 13.2 Å². The molecule has 2 heterocycles. The minimum Gasteiger partial charge on any atom is -0.385 e. The number of nitriles is 1. The van der Waals surface area contributed by atoms with Crippen molar-refractivity contribution in [2.24, 2.45) is 0 Å². The van der Waals surface area contributed by atoms with Gasteiger partial charge in [0.1, 0.15) is 0 Å². The summed E-state index contributed by atoms with van der Waals surface area (Å²) in [6.45, 7) is 0.864. The largest absolute Gasteiger partial charge is 0.417 e. The predicted molar refractivity (Wildman–Crippen MR) is 70.8 cm³/mol. The van der Waals surface area contributed by atoms with Crippen molar-refractivity contribution in [1.29, 1.82) is 5.26 Å². The lowest BCUT2D eigenvalue weighted by molar-refractivity contribution is -0.138. The van der Waals surface area contributed by atoms with Gasteiger partial charge < -0.3 is 15.2 Å². The molecule has 2 unspecified atom stereocenters. The average molecular weight is 312 g/mol. The fraction of sp³-hybridized carbons (Fsp3) is 0.533. The van der Waals surface area contributed by atoms with Gasteiger partial charge in [0.05, 0.1) is 36.0 Å². The Labute approximate surface area is 125 Å². The van der Waals surface area contributed by atoms with Crippen LogP contribution in [0, 0.1) is 11.3 Å². The van der Waals surface area contributed by atoms with E-state index in [4.69, 9.17) is 10.00 Å². The number of nitrogens with one attached hydrogen (secondary N) is 1. The highest BCUT2D eigenvalue weighted by Crippen LogP contribution is 2.40. The summed E-state index contributed by atoms with van der Waals surface area (Å²) in [5.74, 6) is 0. The number of nitrogens with zero attached hydrogens (tertiary/aromatic N) is 1. The topological polar surface area (TPSA) is 65.3 Å². The zero-order chi connectivity index (χ0) is 16.0. The van der Waals surface area contributed by atoms with Crippen LogP contribution >= 0.6 is 0 Å². The van der Waals surface area contributed by atoms with E-state index in [-0.39, 0.29) is 30.5 Å². The molecule has 2 atom stereocenters. The summed E-state index contributed by atoms with van der Waals surface area (Å²) in [6, 6.07) is 4.83. The summed E-state index contributed by atoms with van der Waals surface area (Å²) in [5.41, 5.74) is -2.56. The molecule has 0 aromatic heterocycles. The van der Waals surface area contributed by atoms with E-state index < -0.39 is 22.9 Å². The Morgan fingerprint density at radius 2 is 1.91 bits per heavy atom. The van der Waals surface area contributed by atoms with Crippen LogP contribution in [-0.2, 0) is 16.5 Å². The zero-order valence-electron chi connectivity index (χ0n) is 11.7. The summed E-state index contributed by atoms with van der Waals surface area (Å²) in [6.07, 6.45) is -4.05. The first kappa shape index (κ1) is 15.3. The molecule has 0 amide bonds. The van der Waals surface area contributed by atoms with Crippen molar-refractivity contribution in [2.45, 2.75) is 36.7 Å². The van der Waals surface area contributed by atoms with Crippen molar-refractivity contribution < 1.29 is 23.0 Å². The second kappa shape index (κ2) is 5.23. The molecule has 22 heavy (non-hydrogen) atoms. The number of aliphatic hydroxyl groups is 1. The second-order valence-corrected chi connectivity index (χ2v) is 5.91. The highest BCUT2D eigenvalue weighted by molar-refractivity contribution is 5.44. The van der Waals surface area contributed by atoms with Crippen LogP contribution in [0.15, 0.2) is 18.2 Å². The number of ether oxygens (including phenoxy) is 1. The first-order chi connectivity index (χ1) is 10.3. The number of hydrogen-bond donors (Lipinski definition) is 2. The number of rotatable bonds is 1. The van der Waals surface area contributed by atoms with Crippen LogP contribution in [0.4, 0.5) is 13.2 Å². The lowest BCUT2D eigenvalue weighted by Gasteiger charge is -2.45. The van der Waals surface area contributed by atoms with Crippen LogP contribution in [0.25, 0.3) is 0 Å². The monoisotopic (exact) mass is 312 g/mol. The van der Waals surface area contributed by atoms with Gasteiger partial charge >= 0.3 is 6.18 Å². The van der Waals surface area contributed by atoms with Gasteiger partial charge in [-0.05, 0) is 30.5 Å². The lowest BCUT2D eigenvalue weighted by atomic mass is 9.77. The molecule has 4 nitrogen and oxygen atoms in total. The molecule has 1 aromatic carbocycles. The maximum Gasteiger partial charge on any atom is 0.417 e. The molecule has 0 saturated carbocycles. The normalized spacial score (nSPS) is 31.6. The summed E-state index contributed by atoms with van der Waals surface area (Å²) in [7, 11) is 0. The Hall–Kier alpha value is -1.62. The Morgan fingerprint density at radius 3 is 2.45 bits per heavy atom. The van der Waals surface area contributed by atoms with Crippen molar-refractivity contribution in [3.63, 3.8) is 0 Å². The number of halogens is 3. The molecule has 7 heteroatoms. The smallest absolute Gasteiger partial charge is 0.385 e. The van der Waals surface area contributed by atoms with Crippen LogP contribution in [0.1, 0.15) is 29.5 Å². The van der Waals surface area contributed by atoms with Gasteiger partial charge in [-0.25, -0.2) is 0 Å². The van der Waals surface area contributed by atoms with E-state index >= 15 is 0 Å². The van der Waals surface area contributed by atoms with Gasteiger partial charge in [0.25, 0.3) is 0 Å². The Bertz CT molecular complexity index is 612. The number of piperidine rings is 1. The van der Waals surface area contributed by atoms with E-state index in [1.54, 1.807) is 6.07 Å². The molecule has 1 aromatic rings. The van der Waals surface area contributed by atoms with E-state index in [0.717, 1.165) is 12.1 Å². The van der Waals surface area contributed by atoms with Crippen molar-refractivity contribution >= 4 is 0 Å². The minimum absolute atomic E-state index is 0.0810. The number of alkyl halides is 3. The van der Waals surface area contributed by atoms with Gasteiger partial charge in [0.15, 0.2) is 0 Å². The quantitative estimate of drug-likeness (QED) is 0.831. The average Bonchev–Trinajstić information content (AvgIpc) is 2.45. The number of benzene rings is 1. The van der Waals surface area contributed by atoms with Crippen LogP contribution in [0.3, 0.4) is 0 Å². The molecule has 0 spiro atoms. The molecule has 2 aliphatic rings. The maximum atomic E-state index is 13.1. The van der Waals surface area contributed by atoms with Crippen molar-refractivity contribution in [3.8, 4) is 6.07 Å². The highest BCUT2D eigenvalue weighted by Gasteiger charge is 2.43. The van der Waals surface area contributed by atoms with E-state index in [9.17, 15) is 18.3 Å². The molecule has 118 valence electrons. The molecule has 2 bridgehead atoms. The number of hydrogen-bond acceptors (Lipinski definition) is 4. The van der Waals surface area contributed by atoms with E-state index in [0.29, 0.717) is 13.2 Å². The molecule has 3 rings (SSSR count). The fourth-order valence-corrected chi connectivity index (χ4v) is 3.32. The van der Waals surface area contributed by atoms with Gasteiger partial charge in [-0.1, -0.05) is 6.07 Å². The fourth-order valence-electron chi connectivity index (χ4n) is 3.32. The zero-order valence-corrected chi connectivity index (χ0v) is 11.7. The van der Waals surface area contributed by atoms with Gasteiger partial charge in [-0.3, -0.25) is 0 Å². The standard InChI is InChI=1S/C15H15F3N2O2/c16-15(17,18)13-3-10(2-1-9(13)6-19)14(21)4-11-7-22-8-12(5-14)20-11/h1-3,11-12,20-21H,4-5,7-8H2. The molecule has 2 fully saturated rings. The van der Waals surface area contributed by atoms with Gasteiger partial charge in [-0.2, -0.15) is 18.4 Å².